The van der Waals surface area contributed by atoms with Crippen molar-refractivity contribution in [2.75, 3.05) is 23.5 Å². The van der Waals surface area contributed by atoms with Crippen LogP contribution in [0.25, 0.3) is 17.4 Å². The molecular weight excluding hydrogens is 618 g/mol. The van der Waals surface area contributed by atoms with Gasteiger partial charge in [-0.15, -0.1) is 11.8 Å². The van der Waals surface area contributed by atoms with E-state index in [0.717, 1.165) is 10.5 Å². The lowest BCUT2D eigenvalue weighted by molar-refractivity contribution is -0.114. The van der Waals surface area contributed by atoms with Crippen LogP contribution in [0, 0.1) is 0 Å². The lowest BCUT2D eigenvalue weighted by Crippen LogP contribution is -2.30. The number of para-hydroxylation sites is 1. The van der Waals surface area contributed by atoms with Gasteiger partial charge in [-0.3, -0.25) is 14.4 Å². The number of furan rings is 1. The van der Waals surface area contributed by atoms with Gasteiger partial charge in [0.2, 0.25) is 5.91 Å². The number of carbonyl (C=O) groups is 4. The van der Waals surface area contributed by atoms with E-state index in [1.807, 2.05) is 24.3 Å². The maximum Gasteiger partial charge on any atom is 0.335 e. The first-order valence-electron chi connectivity index (χ1n) is 14.3. The van der Waals surface area contributed by atoms with E-state index in [-0.39, 0.29) is 22.9 Å². The summed E-state index contributed by atoms with van der Waals surface area (Å²) < 4.78 is 11.4. The predicted molar refractivity (Wildman–Crippen MR) is 180 cm³/mol. The zero-order valence-corrected chi connectivity index (χ0v) is 25.9. The first-order chi connectivity index (χ1) is 22.8. The highest BCUT2D eigenvalue weighted by molar-refractivity contribution is 8.00. The highest BCUT2D eigenvalue weighted by Gasteiger charge is 2.17. The molecule has 0 bridgehead atoms. The Morgan fingerprint density at radius 1 is 0.766 bits per heavy atom. The summed E-state index contributed by atoms with van der Waals surface area (Å²) in [4.78, 5) is 50.6. The Balaban J connectivity index is 1.26. The topological polar surface area (TPSA) is 147 Å². The molecule has 4 N–H and O–H groups in total. The fraction of sp³-hybridized carbons (Fsp3) is 0.0556. The molecule has 0 fully saturated rings. The van der Waals surface area contributed by atoms with Gasteiger partial charge in [-0.25, -0.2) is 4.79 Å². The number of hydrogen-bond acceptors (Lipinski definition) is 7. The minimum Gasteiger partial charge on any atom is -0.496 e. The van der Waals surface area contributed by atoms with E-state index >= 15 is 0 Å². The van der Waals surface area contributed by atoms with Gasteiger partial charge in [0.15, 0.2) is 0 Å². The molecule has 47 heavy (non-hydrogen) atoms. The summed E-state index contributed by atoms with van der Waals surface area (Å²) in [6, 6.07) is 32.1. The summed E-state index contributed by atoms with van der Waals surface area (Å²) in [5, 5.41) is 17.2. The standard InChI is InChI=1S/C36H29N3O7S/c1-45-31-10-6-5-9-29(31)32-20-17-27(46-32)21-30(39-34(41)23-7-3-2-4-8-23)35(42)38-26-15-18-28(19-16-26)47-22-33(40)37-25-13-11-24(12-14-25)36(43)44/h2-21H,22H2,1H3,(H,37,40)(H,38,42)(H,39,41)(H,43,44)/b30-21+. The van der Waals surface area contributed by atoms with Crippen LogP contribution in [0.5, 0.6) is 5.75 Å². The van der Waals surface area contributed by atoms with Crippen molar-refractivity contribution >= 4 is 52.9 Å². The first-order valence-corrected chi connectivity index (χ1v) is 15.3. The van der Waals surface area contributed by atoms with E-state index in [0.29, 0.717) is 34.2 Å². The number of carboxylic acid groups (broad SMARTS) is 1. The van der Waals surface area contributed by atoms with Gasteiger partial charge in [0.05, 0.1) is 24.0 Å². The second-order valence-corrected chi connectivity index (χ2v) is 11.0. The van der Waals surface area contributed by atoms with Gasteiger partial charge in [-0.05, 0) is 84.9 Å². The molecule has 0 spiro atoms. The normalized spacial score (nSPS) is 11.0. The fourth-order valence-electron chi connectivity index (χ4n) is 4.38. The molecule has 11 heteroatoms. The van der Waals surface area contributed by atoms with Crippen molar-refractivity contribution in [1.82, 2.24) is 5.32 Å². The average molecular weight is 648 g/mol. The van der Waals surface area contributed by atoms with Gasteiger partial charge >= 0.3 is 5.97 Å². The summed E-state index contributed by atoms with van der Waals surface area (Å²) >= 11 is 1.29. The Labute approximate surface area is 274 Å². The number of methoxy groups -OCH3 is 1. The van der Waals surface area contributed by atoms with Crippen molar-refractivity contribution in [1.29, 1.82) is 0 Å². The van der Waals surface area contributed by atoms with Gasteiger partial charge < -0.3 is 30.2 Å². The second-order valence-electron chi connectivity index (χ2n) is 9.98. The molecule has 3 amide bonds. The number of benzene rings is 4. The summed E-state index contributed by atoms with van der Waals surface area (Å²) in [5.41, 5.74) is 2.17. The molecule has 10 nitrogen and oxygen atoms in total. The number of rotatable bonds is 12. The molecule has 0 radical (unpaired) electrons. The van der Waals surface area contributed by atoms with E-state index in [1.54, 1.807) is 73.8 Å². The molecule has 0 saturated heterocycles. The van der Waals surface area contributed by atoms with Crippen LogP contribution in [-0.2, 0) is 9.59 Å². The van der Waals surface area contributed by atoms with Crippen LogP contribution in [0.2, 0.25) is 0 Å². The third-order valence-corrected chi connectivity index (χ3v) is 7.72. The highest BCUT2D eigenvalue weighted by atomic mass is 32.2. The Kier molecular flexibility index (Phi) is 10.5. The number of carboxylic acids is 1. The SMILES string of the molecule is COc1ccccc1-c1ccc(/C=C(/NC(=O)c2ccccc2)C(=O)Nc2ccc(SCC(=O)Nc3ccc(C(=O)O)cc3)cc2)o1. The van der Waals surface area contributed by atoms with E-state index in [4.69, 9.17) is 14.3 Å². The highest BCUT2D eigenvalue weighted by Crippen LogP contribution is 2.31. The zero-order valence-electron chi connectivity index (χ0n) is 25.1. The maximum absolute atomic E-state index is 13.4. The van der Waals surface area contributed by atoms with Crippen molar-refractivity contribution < 1.29 is 33.4 Å². The van der Waals surface area contributed by atoms with Crippen molar-refractivity contribution in [3.05, 3.63) is 138 Å². The molecular formula is C36H29N3O7S. The van der Waals surface area contributed by atoms with Gasteiger partial charge in [0, 0.05) is 27.9 Å². The molecule has 236 valence electrons. The molecule has 5 rings (SSSR count). The number of ether oxygens (including phenoxy) is 1. The smallest absolute Gasteiger partial charge is 0.335 e. The van der Waals surface area contributed by atoms with Crippen LogP contribution in [0.3, 0.4) is 0 Å². The summed E-state index contributed by atoms with van der Waals surface area (Å²) in [5.74, 6) is -0.727. The number of thioether (sulfide) groups is 1. The van der Waals surface area contributed by atoms with Gasteiger partial charge in [-0.2, -0.15) is 0 Å². The van der Waals surface area contributed by atoms with Gasteiger partial charge in [0.1, 0.15) is 23.0 Å². The van der Waals surface area contributed by atoms with E-state index < -0.39 is 17.8 Å². The summed E-state index contributed by atoms with van der Waals surface area (Å²) in [6.45, 7) is 0. The Bertz CT molecular complexity index is 1920. The van der Waals surface area contributed by atoms with Gasteiger partial charge in [0.25, 0.3) is 11.8 Å². The number of nitrogens with one attached hydrogen (secondary N) is 3. The van der Waals surface area contributed by atoms with Crippen LogP contribution >= 0.6 is 11.8 Å². The molecule has 0 atom stereocenters. The van der Waals surface area contributed by atoms with Crippen LogP contribution in [0.15, 0.2) is 130 Å². The molecule has 0 saturated carbocycles. The number of aromatic carboxylic acids is 1. The quantitative estimate of drug-likeness (QED) is 0.0855. The molecule has 0 aliphatic rings. The third kappa shape index (κ3) is 8.77. The van der Waals surface area contributed by atoms with Crippen LogP contribution in [0.4, 0.5) is 11.4 Å². The third-order valence-electron chi connectivity index (χ3n) is 6.71. The van der Waals surface area contributed by atoms with Gasteiger partial charge in [-0.1, -0.05) is 30.3 Å². The Hall–Kier alpha value is -6.07. The summed E-state index contributed by atoms with van der Waals surface area (Å²) in [7, 11) is 1.57. The largest absolute Gasteiger partial charge is 0.496 e. The molecule has 1 heterocycles. The molecule has 0 aliphatic carbocycles. The maximum atomic E-state index is 13.4. The van der Waals surface area contributed by atoms with Crippen LogP contribution < -0.4 is 20.7 Å². The number of amides is 3. The number of hydrogen-bond donors (Lipinski definition) is 4. The monoisotopic (exact) mass is 647 g/mol. The Morgan fingerprint density at radius 3 is 2.13 bits per heavy atom. The summed E-state index contributed by atoms with van der Waals surface area (Å²) in [6.07, 6.45) is 1.45. The number of carbonyl (C=O) groups excluding carboxylic acids is 3. The minimum atomic E-state index is -1.04. The van der Waals surface area contributed by atoms with E-state index in [2.05, 4.69) is 16.0 Å². The second kappa shape index (κ2) is 15.3. The van der Waals surface area contributed by atoms with Crippen molar-refractivity contribution in [2.45, 2.75) is 4.90 Å². The lowest BCUT2D eigenvalue weighted by atomic mass is 10.1. The molecule has 4 aromatic carbocycles. The van der Waals surface area contributed by atoms with Crippen LogP contribution in [0.1, 0.15) is 26.5 Å². The average Bonchev–Trinajstić information content (AvgIpc) is 3.56. The van der Waals surface area contributed by atoms with Crippen LogP contribution in [-0.4, -0.2) is 41.7 Å². The molecule has 0 aliphatic heterocycles. The van der Waals surface area contributed by atoms with E-state index in [1.165, 1.54) is 42.1 Å². The van der Waals surface area contributed by atoms with Crippen molar-refractivity contribution in [3.8, 4) is 17.1 Å². The minimum absolute atomic E-state index is 0.0358. The first kappa shape index (κ1) is 32.3. The Morgan fingerprint density at radius 2 is 1.43 bits per heavy atom. The number of anilines is 2. The molecule has 0 unspecified atom stereocenters. The predicted octanol–water partition coefficient (Wildman–Crippen LogP) is 6.79. The molecule has 1 aromatic heterocycles. The van der Waals surface area contributed by atoms with Crippen molar-refractivity contribution in [3.63, 3.8) is 0 Å². The zero-order chi connectivity index (χ0) is 33.2. The van der Waals surface area contributed by atoms with E-state index in [9.17, 15) is 19.2 Å². The molecule has 5 aromatic rings. The fourth-order valence-corrected chi connectivity index (χ4v) is 5.08. The lowest BCUT2D eigenvalue weighted by Gasteiger charge is -2.11. The van der Waals surface area contributed by atoms with Crippen molar-refractivity contribution in [2.24, 2.45) is 0 Å².